The molecule has 1 aliphatic rings. The fraction of sp³-hybridized carbons (Fsp3) is 0.421. The van der Waals surface area contributed by atoms with Crippen LogP contribution in [0.1, 0.15) is 25.1 Å². The molecule has 3 aromatic rings. The number of hydrogen-bond acceptors (Lipinski definition) is 7. The molecule has 4 rings (SSSR count). The Morgan fingerprint density at radius 3 is 2.81 bits per heavy atom. The molecule has 4 atom stereocenters. The Bertz CT molecular complexity index is 901. The van der Waals surface area contributed by atoms with Gasteiger partial charge in [-0.1, -0.05) is 30.3 Å². The van der Waals surface area contributed by atoms with Crippen LogP contribution in [0.15, 0.2) is 43.0 Å². The highest BCUT2D eigenvalue weighted by Gasteiger charge is 2.35. The number of fused-ring (bicyclic) bond motifs is 1. The van der Waals surface area contributed by atoms with Crippen molar-refractivity contribution in [2.75, 3.05) is 11.9 Å². The molecule has 3 heterocycles. The summed E-state index contributed by atoms with van der Waals surface area (Å²) in [5.74, 6) is 0.666. The van der Waals surface area contributed by atoms with E-state index in [0.717, 1.165) is 6.42 Å². The largest absolute Gasteiger partial charge is 0.394 e. The van der Waals surface area contributed by atoms with E-state index in [-0.39, 0.29) is 12.6 Å². The van der Waals surface area contributed by atoms with Crippen LogP contribution >= 0.6 is 0 Å². The lowest BCUT2D eigenvalue weighted by atomic mass is 10.1. The maximum Gasteiger partial charge on any atom is 0.167 e. The Morgan fingerprint density at radius 1 is 1.26 bits per heavy atom. The van der Waals surface area contributed by atoms with Gasteiger partial charge in [0.15, 0.2) is 17.0 Å². The molecular formula is C19H23N5O3. The van der Waals surface area contributed by atoms with Gasteiger partial charge in [-0.05, 0) is 18.9 Å². The summed E-state index contributed by atoms with van der Waals surface area (Å²) in [6.07, 6.45) is 2.68. The molecule has 3 N–H and O–H groups in total. The van der Waals surface area contributed by atoms with Gasteiger partial charge in [-0.25, -0.2) is 15.0 Å². The van der Waals surface area contributed by atoms with Gasteiger partial charge in [0.05, 0.1) is 19.0 Å². The number of aromatic nitrogens is 4. The molecule has 142 valence electrons. The number of aliphatic hydroxyl groups is 2. The summed E-state index contributed by atoms with van der Waals surface area (Å²) < 4.78 is 7.50. The monoisotopic (exact) mass is 369 g/mol. The highest BCUT2D eigenvalue weighted by Crippen LogP contribution is 2.31. The van der Waals surface area contributed by atoms with Crippen LogP contribution in [0.5, 0.6) is 0 Å². The lowest BCUT2D eigenvalue weighted by Gasteiger charge is -2.15. The van der Waals surface area contributed by atoms with Crippen LogP contribution < -0.4 is 5.32 Å². The van der Waals surface area contributed by atoms with Gasteiger partial charge in [0.2, 0.25) is 0 Å². The number of benzene rings is 1. The SMILES string of the molecule is C[C@@H](Cc1ccccc1)Nc1ncnc2c1ncn2[C@H]1C[C@H](O)[C@@H](CO)O1. The third-order valence-corrected chi connectivity index (χ3v) is 4.82. The summed E-state index contributed by atoms with van der Waals surface area (Å²) in [6.45, 7) is 1.88. The van der Waals surface area contributed by atoms with Gasteiger partial charge < -0.3 is 20.3 Å². The number of imidazole rings is 1. The van der Waals surface area contributed by atoms with Gasteiger partial charge in [-0.15, -0.1) is 0 Å². The molecule has 0 unspecified atom stereocenters. The smallest absolute Gasteiger partial charge is 0.167 e. The average Bonchev–Trinajstić information content (AvgIpc) is 3.26. The number of nitrogens with one attached hydrogen (secondary N) is 1. The maximum atomic E-state index is 9.98. The first-order valence-electron chi connectivity index (χ1n) is 9.08. The third kappa shape index (κ3) is 3.64. The van der Waals surface area contributed by atoms with Crippen molar-refractivity contribution < 1.29 is 14.9 Å². The molecule has 0 saturated carbocycles. The quantitative estimate of drug-likeness (QED) is 0.605. The molecular weight excluding hydrogens is 346 g/mol. The second-order valence-corrected chi connectivity index (χ2v) is 6.90. The number of rotatable bonds is 6. The van der Waals surface area contributed by atoms with E-state index in [1.165, 1.54) is 11.9 Å². The van der Waals surface area contributed by atoms with Crippen LogP contribution in [0.2, 0.25) is 0 Å². The summed E-state index contributed by atoms with van der Waals surface area (Å²) in [5, 5.41) is 22.7. The minimum Gasteiger partial charge on any atom is -0.394 e. The molecule has 2 aromatic heterocycles. The fourth-order valence-corrected chi connectivity index (χ4v) is 3.47. The number of aliphatic hydroxyl groups excluding tert-OH is 2. The number of nitrogens with zero attached hydrogens (tertiary/aromatic N) is 4. The summed E-state index contributed by atoms with van der Waals surface area (Å²) in [6, 6.07) is 10.4. The summed E-state index contributed by atoms with van der Waals surface area (Å²) >= 11 is 0. The van der Waals surface area contributed by atoms with Crippen molar-refractivity contribution in [3.05, 3.63) is 48.5 Å². The van der Waals surface area contributed by atoms with Gasteiger partial charge in [0.25, 0.3) is 0 Å². The normalized spacial score (nSPS) is 23.6. The van der Waals surface area contributed by atoms with E-state index in [2.05, 4.69) is 39.3 Å². The van der Waals surface area contributed by atoms with E-state index in [9.17, 15) is 10.2 Å². The molecule has 1 aromatic carbocycles. The predicted molar refractivity (Wildman–Crippen MR) is 100 cm³/mol. The van der Waals surface area contributed by atoms with E-state index in [4.69, 9.17) is 4.74 Å². The van der Waals surface area contributed by atoms with E-state index in [1.54, 1.807) is 10.9 Å². The van der Waals surface area contributed by atoms with E-state index >= 15 is 0 Å². The minimum atomic E-state index is -0.706. The lowest BCUT2D eigenvalue weighted by Crippen LogP contribution is -2.24. The fourth-order valence-electron chi connectivity index (χ4n) is 3.47. The molecule has 8 nitrogen and oxygen atoms in total. The number of anilines is 1. The average molecular weight is 369 g/mol. The highest BCUT2D eigenvalue weighted by atomic mass is 16.5. The van der Waals surface area contributed by atoms with Crippen LogP contribution in [0.3, 0.4) is 0 Å². The molecule has 0 amide bonds. The minimum absolute atomic E-state index is 0.166. The van der Waals surface area contributed by atoms with Crippen LogP contribution in [0.25, 0.3) is 11.2 Å². The summed E-state index contributed by atoms with van der Waals surface area (Å²) in [4.78, 5) is 13.1. The van der Waals surface area contributed by atoms with Crippen molar-refractivity contribution in [1.82, 2.24) is 19.5 Å². The molecule has 1 saturated heterocycles. The Hall–Kier alpha value is -2.55. The van der Waals surface area contributed by atoms with Crippen LogP contribution in [0, 0.1) is 0 Å². The zero-order chi connectivity index (χ0) is 18.8. The Balaban J connectivity index is 1.54. The van der Waals surface area contributed by atoms with Crippen LogP contribution in [-0.4, -0.2) is 54.6 Å². The molecule has 0 bridgehead atoms. The highest BCUT2D eigenvalue weighted by molar-refractivity contribution is 5.82. The van der Waals surface area contributed by atoms with E-state index in [0.29, 0.717) is 23.4 Å². The topological polar surface area (TPSA) is 105 Å². The second-order valence-electron chi connectivity index (χ2n) is 6.90. The second kappa shape index (κ2) is 7.59. The van der Waals surface area contributed by atoms with Gasteiger partial charge in [-0.2, -0.15) is 0 Å². The Kier molecular flexibility index (Phi) is 5.02. The van der Waals surface area contributed by atoms with Crippen molar-refractivity contribution in [1.29, 1.82) is 0 Å². The molecule has 1 aliphatic heterocycles. The lowest BCUT2D eigenvalue weighted by molar-refractivity contribution is -0.0432. The molecule has 0 aliphatic carbocycles. The van der Waals surface area contributed by atoms with Crippen molar-refractivity contribution in [2.45, 2.75) is 44.2 Å². The molecule has 8 heteroatoms. The maximum absolute atomic E-state index is 9.98. The standard InChI is InChI=1S/C19H23N5O3/c1-12(7-13-5-3-2-4-6-13)23-18-17-19(21-10-20-18)24(11-22-17)16-8-14(26)15(9-25)27-16/h2-6,10-12,14-16,25-26H,7-9H2,1H3,(H,20,21,23)/t12-,14-,15+,16+/m0/s1. The zero-order valence-corrected chi connectivity index (χ0v) is 15.1. The van der Waals surface area contributed by atoms with Crippen molar-refractivity contribution >= 4 is 17.0 Å². The number of hydrogen-bond donors (Lipinski definition) is 3. The molecule has 0 radical (unpaired) electrons. The van der Waals surface area contributed by atoms with Crippen molar-refractivity contribution in [3.8, 4) is 0 Å². The van der Waals surface area contributed by atoms with Gasteiger partial charge in [0, 0.05) is 12.5 Å². The summed E-state index contributed by atoms with van der Waals surface area (Å²) in [7, 11) is 0. The van der Waals surface area contributed by atoms with Crippen molar-refractivity contribution in [2.24, 2.45) is 0 Å². The Labute approximate surface area is 156 Å². The summed E-state index contributed by atoms with van der Waals surface area (Å²) in [5.41, 5.74) is 2.54. The van der Waals surface area contributed by atoms with Gasteiger partial charge >= 0.3 is 0 Å². The number of ether oxygens (including phenoxy) is 1. The van der Waals surface area contributed by atoms with Crippen LogP contribution in [-0.2, 0) is 11.2 Å². The first-order valence-corrected chi connectivity index (χ1v) is 9.08. The molecule has 1 fully saturated rings. The zero-order valence-electron chi connectivity index (χ0n) is 15.1. The van der Waals surface area contributed by atoms with E-state index in [1.807, 2.05) is 18.2 Å². The third-order valence-electron chi connectivity index (χ3n) is 4.82. The predicted octanol–water partition coefficient (Wildman–Crippen LogP) is 1.51. The first kappa shape index (κ1) is 17.8. The molecule has 27 heavy (non-hydrogen) atoms. The van der Waals surface area contributed by atoms with Gasteiger partial charge in [0.1, 0.15) is 18.7 Å². The Morgan fingerprint density at radius 2 is 2.07 bits per heavy atom. The van der Waals surface area contributed by atoms with Gasteiger partial charge in [-0.3, -0.25) is 4.57 Å². The first-order chi connectivity index (χ1) is 13.2. The molecule has 0 spiro atoms. The van der Waals surface area contributed by atoms with E-state index < -0.39 is 18.4 Å². The van der Waals surface area contributed by atoms with Crippen molar-refractivity contribution in [3.63, 3.8) is 0 Å². The van der Waals surface area contributed by atoms with Crippen LogP contribution in [0.4, 0.5) is 5.82 Å².